The first kappa shape index (κ1) is 14.7. The number of carboxylic acid groups (broad SMARTS) is 1. The maximum absolute atomic E-state index is 13.8. The predicted octanol–water partition coefficient (Wildman–Crippen LogP) is 1.24. The molecule has 22 heavy (non-hydrogen) atoms. The molecule has 1 unspecified atom stereocenters. The summed E-state index contributed by atoms with van der Waals surface area (Å²) in [5.41, 5.74) is -0.549. The quantitative estimate of drug-likeness (QED) is 0.916. The summed E-state index contributed by atoms with van der Waals surface area (Å²) in [5, 5.41) is 13.5. The van der Waals surface area contributed by atoms with Crippen molar-refractivity contribution in [2.75, 3.05) is 0 Å². The first-order valence-electron chi connectivity index (χ1n) is 6.68. The molecule has 1 atom stereocenters. The minimum atomic E-state index is -1.07. The third-order valence-electron chi connectivity index (χ3n) is 3.60. The molecule has 0 aliphatic carbocycles. The highest BCUT2D eigenvalue weighted by Crippen LogP contribution is 2.22. The second kappa shape index (κ2) is 5.53. The van der Waals surface area contributed by atoms with Crippen LogP contribution in [0.25, 0.3) is 0 Å². The van der Waals surface area contributed by atoms with Crippen LogP contribution in [0.15, 0.2) is 17.1 Å². The van der Waals surface area contributed by atoms with E-state index in [1.54, 1.807) is 0 Å². The van der Waals surface area contributed by atoms with E-state index in [1.165, 1.54) is 10.8 Å². The van der Waals surface area contributed by atoms with Crippen molar-refractivity contribution in [3.63, 3.8) is 0 Å². The van der Waals surface area contributed by atoms with Crippen molar-refractivity contribution in [1.29, 1.82) is 0 Å². The minimum absolute atomic E-state index is 0.0221. The Morgan fingerprint density at radius 1 is 1.55 bits per heavy atom. The summed E-state index contributed by atoms with van der Waals surface area (Å²) in [4.78, 5) is 27.4. The highest BCUT2D eigenvalue weighted by molar-refractivity contribution is 6.30. The second-order valence-electron chi connectivity index (χ2n) is 5.05. The molecule has 3 rings (SSSR count). The summed E-state index contributed by atoms with van der Waals surface area (Å²) in [5.74, 6) is -1.31. The van der Waals surface area contributed by atoms with Crippen LogP contribution in [0, 0.1) is 5.82 Å². The number of carbonyl (C=O) groups is 1. The maximum Gasteiger partial charge on any atom is 0.347 e. The summed E-state index contributed by atoms with van der Waals surface area (Å²) in [6.45, 7) is -0.172. The molecule has 2 aromatic rings. The lowest BCUT2D eigenvalue weighted by molar-refractivity contribution is -0.141. The zero-order chi connectivity index (χ0) is 15.9. The van der Waals surface area contributed by atoms with Gasteiger partial charge < -0.3 is 5.11 Å². The van der Waals surface area contributed by atoms with E-state index in [0.717, 1.165) is 10.7 Å². The van der Waals surface area contributed by atoms with Crippen LogP contribution in [-0.4, -0.2) is 30.4 Å². The SMILES string of the molecule is O=C(O)C1CCCc2nn(Cc3ncc(Cl)cc3F)c(=O)n21. The molecule has 2 aromatic heterocycles. The van der Waals surface area contributed by atoms with Crippen LogP contribution in [0.2, 0.25) is 5.02 Å². The lowest BCUT2D eigenvalue weighted by atomic mass is 10.1. The van der Waals surface area contributed by atoms with Gasteiger partial charge in [0, 0.05) is 12.6 Å². The van der Waals surface area contributed by atoms with Crippen LogP contribution in [0.4, 0.5) is 4.39 Å². The zero-order valence-corrected chi connectivity index (χ0v) is 12.1. The molecular weight excluding hydrogens is 315 g/mol. The fourth-order valence-electron chi connectivity index (χ4n) is 2.57. The normalized spacial score (nSPS) is 17.3. The van der Waals surface area contributed by atoms with E-state index in [4.69, 9.17) is 11.6 Å². The summed E-state index contributed by atoms with van der Waals surface area (Å²) in [6.07, 6.45) is 2.81. The van der Waals surface area contributed by atoms with Gasteiger partial charge in [-0.1, -0.05) is 11.6 Å². The molecule has 0 aromatic carbocycles. The van der Waals surface area contributed by atoms with E-state index in [0.29, 0.717) is 25.1 Å². The lowest BCUT2D eigenvalue weighted by Crippen LogP contribution is -2.34. The van der Waals surface area contributed by atoms with Crippen molar-refractivity contribution in [2.45, 2.75) is 31.8 Å². The molecule has 1 aliphatic heterocycles. The third kappa shape index (κ3) is 2.50. The van der Waals surface area contributed by atoms with E-state index in [-0.39, 0.29) is 17.3 Å². The standard InChI is InChI=1S/C13H12ClFN4O3/c14-7-4-8(15)9(16-5-7)6-18-13(22)19-10(12(20)21)2-1-3-11(19)17-18/h4-5,10H,1-3,6H2,(H,20,21). The fourth-order valence-corrected chi connectivity index (χ4v) is 2.71. The molecule has 0 fully saturated rings. The molecule has 0 spiro atoms. The van der Waals surface area contributed by atoms with Crippen molar-refractivity contribution in [2.24, 2.45) is 0 Å². The van der Waals surface area contributed by atoms with Crippen LogP contribution in [0.5, 0.6) is 0 Å². The van der Waals surface area contributed by atoms with Crippen LogP contribution in [0.3, 0.4) is 0 Å². The molecule has 0 radical (unpaired) electrons. The molecule has 0 bridgehead atoms. The molecular formula is C13H12ClFN4O3. The molecule has 3 heterocycles. The predicted molar refractivity (Wildman–Crippen MR) is 74.4 cm³/mol. The van der Waals surface area contributed by atoms with E-state index in [1.807, 2.05) is 0 Å². The Balaban J connectivity index is 2.00. The number of aromatic nitrogens is 4. The summed E-state index contributed by atoms with van der Waals surface area (Å²) < 4.78 is 16.0. The maximum atomic E-state index is 13.8. The van der Waals surface area contributed by atoms with E-state index in [2.05, 4.69) is 10.1 Å². The van der Waals surface area contributed by atoms with Crippen molar-refractivity contribution in [3.05, 3.63) is 45.1 Å². The van der Waals surface area contributed by atoms with Crippen molar-refractivity contribution >= 4 is 17.6 Å². The van der Waals surface area contributed by atoms with Crippen LogP contribution < -0.4 is 5.69 Å². The van der Waals surface area contributed by atoms with Crippen molar-refractivity contribution in [3.8, 4) is 0 Å². The van der Waals surface area contributed by atoms with Crippen molar-refractivity contribution < 1.29 is 14.3 Å². The van der Waals surface area contributed by atoms with Crippen LogP contribution in [0.1, 0.15) is 30.4 Å². The van der Waals surface area contributed by atoms with Gasteiger partial charge in [0.1, 0.15) is 17.7 Å². The van der Waals surface area contributed by atoms with Crippen molar-refractivity contribution in [1.82, 2.24) is 19.3 Å². The average molecular weight is 327 g/mol. The second-order valence-corrected chi connectivity index (χ2v) is 5.49. The van der Waals surface area contributed by atoms with Gasteiger partial charge in [-0.15, -0.1) is 0 Å². The zero-order valence-electron chi connectivity index (χ0n) is 11.4. The Kier molecular flexibility index (Phi) is 3.69. The number of carboxylic acids is 1. The first-order chi connectivity index (χ1) is 10.5. The summed E-state index contributed by atoms with van der Waals surface area (Å²) in [6, 6.07) is 0.179. The van der Waals surface area contributed by atoms with E-state index < -0.39 is 23.5 Å². The number of rotatable bonds is 3. The Morgan fingerprint density at radius 3 is 3.00 bits per heavy atom. The summed E-state index contributed by atoms with van der Waals surface area (Å²) in [7, 11) is 0. The van der Waals surface area contributed by atoms with E-state index >= 15 is 0 Å². The Bertz CT molecular complexity index is 801. The Hall–Kier alpha value is -2.22. The number of halogens is 2. The van der Waals surface area contributed by atoms with Gasteiger partial charge in [0.15, 0.2) is 0 Å². The number of nitrogens with zero attached hydrogens (tertiary/aromatic N) is 4. The van der Waals surface area contributed by atoms with Gasteiger partial charge in [-0.25, -0.2) is 18.7 Å². The largest absolute Gasteiger partial charge is 0.480 e. The van der Waals surface area contributed by atoms with Crippen LogP contribution in [-0.2, 0) is 17.8 Å². The number of aryl methyl sites for hydroxylation is 1. The van der Waals surface area contributed by atoms with Gasteiger partial charge in [-0.3, -0.25) is 9.55 Å². The molecule has 0 amide bonds. The Labute approximate surface area is 129 Å². The molecule has 0 saturated heterocycles. The molecule has 9 heteroatoms. The average Bonchev–Trinajstić information content (AvgIpc) is 2.78. The number of fused-ring (bicyclic) bond motifs is 1. The number of hydrogen-bond acceptors (Lipinski definition) is 4. The van der Waals surface area contributed by atoms with Gasteiger partial charge >= 0.3 is 11.7 Å². The number of hydrogen-bond donors (Lipinski definition) is 1. The lowest BCUT2D eigenvalue weighted by Gasteiger charge is -2.19. The van der Waals surface area contributed by atoms with E-state index in [9.17, 15) is 19.1 Å². The molecule has 0 saturated carbocycles. The fraction of sp³-hybridized carbons (Fsp3) is 0.385. The highest BCUT2D eigenvalue weighted by atomic mass is 35.5. The topological polar surface area (TPSA) is 90.0 Å². The molecule has 1 aliphatic rings. The van der Waals surface area contributed by atoms with Crippen LogP contribution >= 0.6 is 11.6 Å². The first-order valence-corrected chi connectivity index (χ1v) is 7.06. The third-order valence-corrected chi connectivity index (χ3v) is 3.81. The summed E-state index contributed by atoms with van der Waals surface area (Å²) >= 11 is 5.63. The molecule has 7 nitrogen and oxygen atoms in total. The smallest absolute Gasteiger partial charge is 0.347 e. The van der Waals surface area contributed by atoms with Gasteiger partial charge in [0.25, 0.3) is 0 Å². The van der Waals surface area contributed by atoms with Gasteiger partial charge in [-0.05, 0) is 18.9 Å². The monoisotopic (exact) mass is 326 g/mol. The van der Waals surface area contributed by atoms with Gasteiger partial charge in [0.05, 0.1) is 17.3 Å². The molecule has 1 N–H and O–H groups in total. The van der Waals surface area contributed by atoms with Gasteiger partial charge in [-0.2, -0.15) is 5.10 Å². The minimum Gasteiger partial charge on any atom is -0.480 e. The Morgan fingerprint density at radius 2 is 2.32 bits per heavy atom. The van der Waals surface area contributed by atoms with Gasteiger partial charge in [0.2, 0.25) is 0 Å². The number of aliphatic carboxylic acids is 1. The molecule has 116 valence electrons. The highest BCUT2D eigenvalue weighted by Gasteiger charge is 2.30. The number of pyridine rings is 1.